The Morgan fingerprint density at radius 2 is 1.84 bits per heavy atom. The molecule has 3 heterocycles. The quantitative estimate of drug-likeness (QED) is 0.557. The van der Waals surface area contributed by atoms with Crippen LogP contribution in [0.1, 0.15) is 45.9 Å². The fraction of sp³-hybridized carbons (Fsp3) is 0.385. The maximum Gasteiger partial charge on any atom is 0.170 e. The number of hydrogen-bond donors (Lipinski definition) is 1. The standard InChI is InChI=1S/C26H33N5S/c1-17-10-11-18(2)23(15-17)31-19(3)16-21(20(31)4)25-24(22-9-7-8-12-27-22)28-26(32)30(25)14-13-29(5)6/h7-12,15-16,24-25H,13-14H2,1-6H3,(H,28,32)/t24-,25-/m0/s1. The predicted octanol–water partition coefficient (Wildman–Crippen LogP) is 4.64. The Labute approximate surface area is 197 Å². The molecular formula is C26H33N5S. The summed E-state index contributed by atoms with van der Waals surface area (Å²) < 4.78 is 2.39. The monoisotopic (exact) mass is 447 g/mol. The number of pyridine rings is 1. The van der Waals surface area contributed by atoms with Crippen LogP contribution in [0.4, 0.5) is 0 Å². The van der Waals surface area contributed by atoms with Crippen molar-refractivity contribution in [3.8, 4) is 5.69 Å². The Morgan fingerprint density at radius 3 is 2.53 bits per heavy atom. The largest absolute Gasteiger partial charge is 0.352 e. The first-order chi connectivity index (χ1) is 15.3. The van der Waals surface area contributed by atoms with Gasteiger partial charge in [-0.3, -0.25) is 4.98 Å². The van der Waals surface area contributed by atoms with Crippen molar-refractivity contribution in [3.05, 3.63) is 82.4 Å². The van der Waals surface area contributed by atoms with Crippen LogP contribution < -0.4 is 5.32 Å². The van der Waals surface area contributed by atoms with Crippen LogP contribution in [0, 0.1) is 27.7 Å². The second-order valence-electron chi connectivity index (χ2n) is 9.08. The SMILES string of the molecule is Cc1ccc(C)c(-n2c(C)cc([C@H]3[C@H](c4ccccn4)NC(=S)N3CCN(C)C)c2C)c1. The molecule has 1 aliphatic rings. The number of rotatable bonds is 6. The van der Waals surface area contributed by atoms with E-state index in [-0.39, 0.29) is 12.1 Å². The van der Waals surface area contributed by atoms with Gasteiger partial charge in [-0.25, -0.2) is 0 Å². The second-order valence-corrected chi connectivity index (χ2v) is 9.46. The van der Waals surface area contributed by atoms with Gasteiger partial charge in [-0.15, -0.1) is 0 Å². The van der Waals surface area contributed by atoms with Crippen LogP contribution in [-0.4, -0.2) is 51.6 Å². The summed E-state index contributed by atoms with van der Waals surface area (Å²) in [6.07, 6.45) is 1.86. The van der Waals surface area contributed by atoms with Crippen LogP contribution in [0.5, 0.6) is 0 Å². The molecule has 0 spiro atoms. The zero-order valence-electron chi connectivity index (χ0n) is 19.9. The average molecular weight is 448 g/mol. The summed E-state index contributed by atoms with van der Waals surface area (Å²) in [7, 11) is 4.20. The van der Waals surface area contributed by atoms with Crippen LogP contribution in [0.25, 0.3) is 5.69 Å². The number of thiocarbonyl (C=S) groups is 1. The van der Waals surface area contributed by atoms with Crippen molar-refractivity contribution < 1.29 is 0 Å². The molecule has 1 N–H and O–H groups in total. The lowest BCUT2D eigenvalue weighted by Crippen LogP contribution is -2.35. The highest BCUT2D eigenvalue weighted by atomic mass is 32.1. The number of hydrogen-bond acceptors (Lipinski definition) is 3. The van der Waals surface area contributed by atoms with Crippen LogP contribution in [0.2, 0.25) is 0 Å². The van der Waals surface area contributed by atoms with Gasteiger partial charge in [0.25, 0.3) is 0 Å². The molecule has 1 fully saturated rings. The van der Waals surface area contributed by atoms with Crippen molar-refractivity contribution in [1.82, 2.24) is 24.7 Å². The number of nitrogens with one attached hydrogen (secondary N) is 1. The fourth-order valence-electron chi connectivity index (χ4n) is 4.71. The molecule has 0 unspecified atom stereocenters. The maximum absolute atomic E-state index is 5.82. The summed E-state index contributed by atoms with van der Waals surface area (Å²) in [4.78, 5) is 9.22. The molecule has 2 aromatic heterocycles. The first-order valence-corrected chi connectivity index (χ1v) is 11.6. The molecular weight excluding hydrogens is 414 g/mol. The summed E-state index contributed by atoms with van der Waals surface area (Å²) in [5.41, 5.74) is 8.58. The minimum Gasteiger partial charge on any atom is -0.352 e. The third-order valence-corrected chi connectivity index (χ3v) is 6.73. The van der Waals surface area contributed by atoms with E-state index >= 15 is 0 Å². The number of likely N-dealkylation sites (N-methyl/N-ethyl adjacent to an activating group) is 1. The molecule has 4 rings (SSSR count). The topological polar surface area (TPSA) is 36.3 Å². The van der Waals surface area contributed by atoms with E-state index in [2.05, 4.69) is 96.8 Å². The molecule has 0 bridgehead atoms. The lowest BCUT2D eigenvalue weighted by molar-refractivity contribution is 0.277. The molecule has 3 aromatic rings. The lowest BCUT2D eigenvalue weighted by Gasteiger charge is -2.29. The second kappa shape index (κ2) is 9.04. The Bertz CT molecular complexity index is 1120. The third-order valence-electron chi connectivity index (χ3n) is 6.38. The zero-order valence-corrected chi connectivity index (χ0v) is 20.7. The van der Waals surface area contributed by atoms with Gasteiger partial charge in [-0.1, -0.05) is 18.2 Å². The number of aryl methyl sites for hydroxylation is 3. The van der Waals surface area contributed by atoms with Gasteiger partial charge in [0.05, 0.1) is 17.8 Å². The van der Waals surface area contributed by atoms with Gasteiger partial charge in [0.1, 0.15) is 0 Å². The van der Waals surface area contributed by atoms with Gasteiger partial charge in [0.2, 0.25) is 0 Å². The van der Waals surface area contributed by atoms with Crippen LogP contribution in [-0.2, 0) is 0 Å². The number of nitrogens with zero attached hydrogens (tertiary/aromatic N) is 4. The molecule has 0 saturated carbocycles. The molecule has 0 aliphatic carbocycles. The molecule has 6 heteroatoms. The highest BCUT2D eigenvalue weighted by molar-refractivity contribution is 7.80. The highest BCUT2D eigenvalue weighted by Gasteiger charge is 2.41. The van der Waals surface area contributed by atoms with E-state index in [0.29, 0.717) is 0 Å². The lowest BCUT2D eigenvalue weighted by atomic mass is 9.96. The average Bonchev–Trinajstić information content (AvgIpc) is 3.24. The molecule has 168 valence electrons. The molecule has 0 radical (unpaired) electrons. The van der Waals surface area contributed by atoms with Crippen molar-refractivity contribution in [3.63, 3.8) is 0 Å². The predicted molar refractivity (Wildman–Crippen MR) is 135 cm³/mol. The highest BCUT2D eigenvalue weighted by Crippen LogP contribution is 2.41. The minimum absolute atomic E-state index is 0.0124. The van der Waals surface area contributed by atoms with Crippen molar-refractivity contribution >= 4 is 17.3 Å². The van der Waals surface area contributed by atoms with Crippen LogP contribution in [0.3, 0.4) is 0 Å². The molecule has 2 atom stereocenters. The Hall–Kier alpha value is -2.70. The van der Waals surface area contributed by atoms with Crippen molar-refractivity contribution in [2.45, 2.75) is 39.8 Å². The van der Waals surface area contributed by atoms with Crippen molar-refractivity contribution in [2.75, 3.05) is 27.2 Å². The number of benzene rings is 1. The summed E-state index contributed by atoms with van der Waals surface area (Å²) in [6.45, 7) is 10.5. The Balaban J connectivity index is 1.83. The fourth-order valence-corrected chi connectivity index (χ4v) is 5.04. The first-order valence-electron chi connectivity index (χ1n) is 11.2. The molecule has 0 amide bonds. The van der Waals surface area contributed by atoms with Crippen LogP contribution in [0.15, 0.2) is 48.7 Å². The summed E-state index contributed by atoms with van der Waals surface area (Å²) >= 11 is 5.82. The van der Waals surface area contributed by atoms with Gasteiger partial charge in [0, 0.05) is 36.4 Å². The van der Waals surface area contributed by atoms with E-state index < -0.39 is 0 Å². The van der Waals surface area contributed by atoms with Crippen molar-refractivity contribution in [2.24, 2.45) is 0 Å². The summed E-state index contributed by atoms with van der Waals surface area (Å²) in [5, 5.41) is 4.37. The van der Waals surface area contributed by atoms with Crippen LogP contribution >= 0.6 is 12.2 Å². The van der Waals surface area contributed by atoms with E-state index in [1.807, 2.05) is 18.3 Å². The van der Waals surface area contributed by atoms with E-state index in [9.17, 15) is 0 Å². The third kappa shape index (κ3) is 4.17. The molecule has 1 saturated heterocycles. The molecule has 32 heavy (non-hydrogen) atoms. The minimum atomic E-state index is 0.0124. The van der Waals surface area contributed by atoms with E-state index in [1.54, 1.807) is 0 Å². The van der Waals surface area contributed by atoms with Crippen molar-refractivity contribution in [1.29, 1.82) is 0 Å². The number of aromatic nitrogens is 2. The first kappa shape index (κ1) is 22.5. The molecule has 5 nitrogen and oxygen atoms in total. The zero-order chi connectivity index (χ0) is 23.0. The van der Waals surface area contributed by atoms with Gasteiger partial charge in [-0.2, -0.15) is 0 Å². The van der Waals surface area contributed by atoms with Gasteiger partial charge in [0.15, 0.2) is 5.11 Å². The van der Waals surface area contributed by atoms with E-state index in [0.717, 1.165) is 23.9 Å². The van der Waals surface area contributed by atoms with Gasteiger partial charge < -0.3 is 19.7 Å². The summed E-state index contributed by atoms with van der Waals surface area (Å²) in [6, 6.07) is 15.2. The Morgan fingerprint density at radius 1 is 1.06 bits per heavy atom. The Kier molecular flexibility index (Phi) is 6.35. The van der Waals surface area contributed by atoms with Gasteiger partial charge >= 0.3 is 0 Å². The molecule has 1 aliphatic heterocycles. The maximum atomic E-state index is 5.82. The van der Waals surface area contributed by atoms with E-state index in [4.69, 9.17) is 12.2 Å². The normalized spacial score (nSPS) is 18.5. The smallest absolute Gasteiger partial charge is 0.170 e. The molecule has 1 aromatic carbocycles. The van der Waals surface area contributed by atoms with E-state index in [1.165, 1.54) is 33.8 Å². The van der Waals surface area contributed by atoms with Gasteiger partial charge in [-0.05, 0) is 95.0 Å². The summed E-state index contributed by atoms with van der Waals surface area (Å²) in [5.74, 6) is 0.